The van der Waals surface area contributed by atoms with Gasteiger partial charge in [0.1, 0.15) is 0 Å². The third kappa shape index (κ3) is 2.95. The summed E-state index contributed by atoms with van der Waals surface area (Å²) in [5.74, 6) is 0.289. The van der Waals surface area contributed by atoms with Gasteiger partial charge < -0.3 is 11.1 Å². The van der Waals surface area contributed by atoms with Gasteiger partial charge in [0.05, 0.1) is 17.4 Å². The molecule has 0 radical (unpaired) electrons. The summed E-state index contributed by atoms with van der Waals surface area (Å²) in [5, 5.41) is 2.98. The van der Waals surface area contributed by atoms with Crippen molar-refractivity contribution in [3.05, 3.63) is 24.0 Å². The first-order valence-electron chi connectivity index (χ1n) is 5.56. The molecule has 1 aromatic rings. The summed E-state index contributed by atoms with van der Waals surface area (Å²) in [5.41, 5.74) is 6.60. The van der Waals surface area contributed by atoms with Crippen molar-refractivity contribution in [3.8, 4) is 0 Å². The summed E-state index contributed by atoms with van der Waals surface area (Å²) in [6.45, 7) is 6.23. The Hall–Kier alpha value is -1.58. The first-order valence-corrected chi connectivity index (χ1v) is 5.56. The van der Waals surface area contributed by atoms with E-state index < -0.39 is 0 Å². The van der Waals surface area contributed by atoms with Gasteiger partial charge in [-0.25, -0.2) is 0 Å². The first-order chi connectivity index (χ1) is 7.56. The van der Waals surface area contributed by atoms with E-state index >= 15 is 0 Å². The Kier molecular flexibility index (Phi) is 4.28. The number of nitrogens with one attached hydrogen (secondary N) is 1. The minimum Gasteiger partial charge on any atom is -0.397 e. The molecular formula is C12H19N3O. The molecular weight excluding hydrogens is 202 g/mol. The number of amides is 1. The van der Waals surface area contributed by atoms with Crippen LogP contribution in [0.5, 0.6) is 0 Å². The second-order valence-corrected chi connectivity index (χ2v) is 4.20. The van der Waals surface area contributed by atoms with Crippen LogP contribution in [0.25, 0.3) is 0 Å². The van der Waals surface area contributed by atoms with Crippen molar-refractivity contribution in [3.63, 3.8) is 0 Å². The predicted octanol–water partition coefficient (Wildman–Crippen LogP) is 1.83. The number of carbonyl (C=O) groups excluding carboxylic acids is 1. The normalized spacial score (nSPS) is 12.5. The molecule has 0 saturated heterocycles. The lowest BCUT2D eigenvalue weighted by Gasteiger charge is -2.20. The van der Waals surface area contributed by atoms with Gasteiger partial charge in [0, 0.05) is 12.2 Å². The minimum absolute atomic E-state index is 0.125. The monoisotopic (exact) mass is 221 g/mol. The number of pyridine rings is 1. The van der Waals surface area contributed by atoms with Crippen molar-refractivity contribution >= 4 is 11.6 Å². The highest BCUT2D eigenvalue weighted by Crippen LogP contribution is 2.11. The molecule has 0 spiro atoms. The molecule has 0 saturated carbocycles. The van der Waals surface area contributed by atoms with Crippen LogP contribution in [0.3, 0.4) is 0 Å². The molecule has 0 aliphatic carbocycles. The molecule has 16 heavy (non-hydrogen) atoms. The van der Waals surface area contributed by atoms with Gasteiger partial charge in [-0.05, 0) is 18.4 Å². The van der Waals surface area contributed by atoms with Crippen LogP contribution in [0.1, 0.15) is 37.6 Å². The van der Waals surface area contributed by atoms with Crippen LogP contribution >= 0.6 is 0 Å². The SMILES string of the molecule is CCC(NC(=O)c1ccncc1N)C(C)C. The van der Waals surface area contributed by atoms with Crippen LogP contribution in [0.4, 0.5) is 5.69 Å². The zero-order chi connectivity index (χ0) is 12.1. The van der Waals surface area contributed by atoms with E-state index in [1.807, 2.05) is 0 Å². The van der Waals surface area contributed by atoms with Crippen LogP contribution in [-0.4, -0.2) is 16.9 Å². The molecule has 88 valence electrons. The third-order valence-electron chi connectivity index (χ3n) is 2.66. The number of carbonyl (C=O) groups is 1. The number of hydrogen-bond donors (Lipinski definition) is 2. The van der Waals surface area contributed by atoms with Gasteiger partial charge in [0.15, 0.2) is 0 Å². The van der Waals surface area contributed by atoms with E-state index in [-0.39, 0.29) is 11.9 Å². The van der Waals surface area contributed by atoms with Gasteiger partial charge in [-0.3, -0.25) is 9.78 Å². The second-order valence-electron chi connectivity index (χ2n) is 4.20. The van der Waals surface area contributed by atoms with Crippen LogP contribution in [0.15, 0.2) is 18.5 Å². The highest BCUT2D eigenvalue weighted by Gasteiger charge is 2.16. The van der Waals surface area contributed by atoms with Crippen molar-refractivity contribution in [1.29, 1.82) is 0 Å². The summed E-state index contributed by atoms with van der Waals surface area (Å²) in [6, 6.07) is 1.82. The van der Waals surface area contributed by atoms with Gasteiger partial charge in [-0.15, -0.1) is 0 Å². The van der Waals surface area contributed by atoms with Crippen LogP contribution in [0, 0.1) is 5.92 Å². The molecule has 4 nitrogen and oxygen atoms in total. The van der Waals surface area contributed by atoms with E-state index in [2.05, 4.69) is 31.1 Å². The van der Waals surface area contributed by atoms with E-state index in [9.17, 15) is 4.79 Å². The zero-order valence-corrected chi connectivity index (χ0v) is 10.0. The molecule has 3 N–H and O–H groups in total. The van der Waals surface area contributed by atoms with Crippen molar-refractivity contribution in [2.75, 3.05) is 5.73 Å². The number of nitrogens with zero attached hydrogens (tertiary/aromatic N) is 1. The Bertz CT molecular complexity index is 363. The van der Waals surface area contributed by atoms with Gasteiger partial charge in [-0.2, -0.15) is 0 Å². The maximum absolute atomic E-state index is 11.9. The van der Waals surface area contributed by atoms with E-state index in [0.29, 0.717) is 17.2 Å². The molecule has 1 atom stereocenters. The lowest BCUT2D eigenvalue weighted by Crippen LogP contribution is -2.38. The third-order valence-corrected chi connectivity index (χ3v) is 2.66. The maximum Gasteiger partial charge on any atom is 0.253 e. The minimum atomic E-state index is -0.125. The van der Waals surface area contributed by atoms with E-state index in [1.54, 1.807) is 12.3 Å². The Balaban J connectivity index is 2.76. The number of nitrogens with two attached hydrogens (primary N) is 1. The molecule has 1 heterocycles. The van der Waals surface area contributed by atoms with Crippen molar-refractivity contribution in [2.24, 2.45) is 5.92 Å². The molecule has 1 amide bonds. The molecule has 1 aromatic heterocycles. The summed E-state index contributed by atoms with van der Waals surface area (Å²) in [6.07, 6.45) is 3.97. The topological polar surface area (TPSA) is 68.0 Å². The lowest BCUT2D eigenvalue weighted by atomic mass is 10.0. The smallest absolute Gasteiger partial charge is 0.253 e. The highest BCUT2D eigenvalue weighted by molar-refractivity contribution is 5.98. The van der Waals surface area contributed by atoms with E-state index in [0.717, 1.165) is 6.42 Å². The van der Waals surface area contributed by atoms with Gasteiger partial charge in [0.2, 0.25) is 0 Å². The Morgan fingerprint density at radius 3 is 2.75 bits per heavy atom. The fourth-order valence-corrected chi connectivity index (χ4v) is 1.60. The largest absolute Gasteiger partial charge is 0.397 e. The Morgan fingerprint density at radius 2 is 2.25 bits per heavy atom. The fraction of sp³-hybridized carbons (Fsp3) is 0.500. The van der Waals surface area contributed by atoms with Crippen LogP contribution < -0.4 is 11.1 Å². The van der Waals surface area contributed by atoms with E-state index in [1.165, 1.54) is 6.20 Å². The number of nitrogen functional groups attached to an aromatic ring is 1. The van der Waals surface area contributed by atoms with E-state index in [4.69, 9.17) is 5.73 Å². The fourth-order valence-electron chi connectivity index (χ4n) is 1.60. The Labute approximate surface area is 96.3 Å². The molecule has 0 fully saturated rings. The Morgan fingerprint density at radius 1 is 1.56 bits per heavy atom. The maximum atomic E-state index is 11.9. The summed E-state index contributed by atoms with van der Waals surface area (Å²) < 4.78 is 0. The lowest BCUT2D eigenvalue weighted by molar-refractivity contribution is 0.0925. The average Bonchev–Trinajstić information content (AvgIpc) is 2.25. The van der Waals surface area contributed by atoms with Gasteiger partial charge in [-0.1, -0.05) is 20.8 Å². The first kappa shape index (κ1) is 12.5. The standard InChI is InChI=1S/C12H19N3O/c1-4-11(8(2)3)15-12(16)9-5-6-14-7-10(9)13/h5-8,11H,4,13H2,1-3H3,(H,15,16). The van der Waals surface area contributed by atoms with Crippen molar-refractivity contribution < 1.29 is 4.79 Å². The van der Waals surface area contributed by atoms with Gasteiger partial charge >= 0.3 is 0 Å². The average molecular weight is 221 g/mol. The number of anilines is 1. The molecule has 1 unspecified atom stereocenters. The van der Waals surface area contributed by atoms with Crippen LogP contribution in [-0.2, 0) is 0 Å². The molecule has 0 bridgehead atoms. The predicted molar refractivity (Wildman–Crippen MR) is 65.0 cm³/mol. The van der Waals surface area contributed by atoms with Crippen molar-refractivity contribution in [2.45, 2.75) is 33.2 Å². The molecule has 0 aliphatic rings. The molecule has 0 aromatic carbocycles. The quantitative estimate of drug-likeness (QED) is 0.815. The molecule has 4 heteroatoms. The highest BCUT2D eigenvalue weighted by atomic mass is 16.1. The summed E-state index contributed by atoms with van der Waals surface area (Å²) in [4.78, 5) is 15.8. The summed E-state index contributed by atoms with van der Waals surface area (Å²) in [7, 11) is 0. The number of aromatic nitrogens is 1. The summed E-state index contributed by atoms with van der Waals surface area (Å²) >= 11 is 0. The van der Waals surface area contributed by atoms with Gasteiger partial charge in [0.25, 0.3) is 5.91 Å². The molecule has 0 aliphatic heterocycles. The zero-order valence-electron chi connectivity index (χ0n) is 10.0. The number of rotatable bonds is 4. The van der Waals surface area contributed by atoms with Crippen molar-refractivity contribution in [1.82, 2.24) is 10.3 Å². The number of hydrogen-bond acceptors (Lipinski definition) is 3. The van der Waals surface area contributed by atoms with Crippen LogP contribution in [0.2, 0.25) is 0 Å². The second kappa shape index (κ2) is 5.49. The molecule has 1 rings (SSSR count).